The van der Waals surface area contributed by atoms with E-state index < -0.39 is 0 Å². The molecule has 3 nitrogen and oxygen atoms in total. The van der Waals surface area contributed by atoms with Crippen LogP contribution >= 0.6 is 0 Å². The van der Waals surface area contributed by atoms with Crippen molar-refractivity contribution in [3.8, 4) is 11.1 Å². The summed E-state index contributed by atoms with van der Waals surface area (Å²) in [6.07, 6.45) is 0. The number of rotatable bonds is 5. The van der Waals surface area contributed by atoms with Crippen LogP contribution in [0.25, 0.3) is 11.1 Å². The minimum Gasteiger partial charge on any atom is -0.459 e. The zero-order valence-electron chi connectivity index (χ0n) is 12.7. The standard InChI is InChI=1S/C18H20O3/c1-13-8-14(2)10-16(9-13)17-7-5-4-6-15(17)11-21-18(19)12-20-3/h4-10H,11-12H2,1-3H3. The number of ether oxygens (including phenoxy) is 2. The molecule has 2 rings (SSSR count). The average molecular weight is 284 g/mol. The molecule has 0 heterocycles. The van der Waals surface area contributed by atoms with Gasteiger partial charge >= 0.3 is 5.97 Å². The summed E-state index contributed by atoms with van der Waals surface area (Å²) in [6.45, 7) is 4.40. The van der Waals surface area contributed by atoms with Crippen LogP contribution in [0.4, 0.5) is 0 Å². The van der Waals surface area contributed by atoms with Gasteiger partial charge in [0.15, 0.2) is 0 Å². The normalized spacial score (nSPS) is 10.4. The van der Waals surface area contributed by atoms with Crippen molar-refractivity contribution in [3.05, 3.63) is 59.2 Å². The van der Waals surface area contributed by atoms with Gasteiger partial charge in [0, 0.05) is 7.11 Å². The number of esters is 1. The van der Waals surface area contributed by atoms with Crippen LogP contribution in [0.3, 0.4) is 0 Å². The summed E-state index contributed by atoms with van der Waals surface area (Å²) >= 11 is 0. The van der Waals surface area contributed by atoms with Gasteiger partial charge < -0.3 is 9.47 Å². The fourth-order valence-corrected chi connectivity index (χ4v) is 2.38. The van der Waals surface area contributed by atoms with Gasteiger partial charge in [0.25, 0.3) is 0 Å². The van der Waals surface area contributed by atoms with Gasteiger partial charge in [0.05, 0.1) is 0 Å². The number of methoxy groups -OCH3 is 1. The van der Waals surface area contributed by atoms with Crippen LogP contribution in [0, 0.1) is 13.8 Å². The third-order valence-corrected chi connectivity index (χ3v) is 3.20. The molecule has 0 radical (unpaired) electrons. The monoisotopic (exact) mass is 284 g/mol. The average Bonchev–Trinajstić information content (AvgIpc) is 2.45. The maximum atomic E-state index is 11.4. The lowest BCUT2D eigenvalue weighted by Gasteiger charge is -2.12. The molecule has 0 atom stereocenters. The Bertz CT molecular complexity index is 612. The van der Waals surface area contributed by atoms with Gasteiger partial charge in [-0.1, -0.05) is 53.6 Å². The van der Waals surface area contributed by atoms with Gasteiger partial charge in [-0.15, -0.1) is 0 Å². The predicted molar refractivity (Wildman–Crippen MR) is 83.0 cm³/mol. The smallest absolute Gasteiger partial charge is 0.332 e. The maximum absolute atomic E-state index is 11.4. The van der Waals surface area contributed by atoms with Crippen molar-refractivity contribution in [1.29, 1.82) is 0 Å². The van der Waals surface area contributed by atoms with Crippen molar-refractivity contribution < 1.29 is 14.3 Å². The highest BCUT2D eigenvalue weighted by molar-refractivity contribution is 5.72. The van der Waals surface area contributed by atoms with E-state index in [1.165, 1.54) is 18.2 Å². The van der Waals surface area contributed by atoms with E-state index in [1.54, 1.807) is 0 Å². The van der Waals surface area contributed by atoms with Gasteiger partial charge in [-0.3, -0.25) is 0 Å². The SMILES string of the molecule is COCC(=O)OCc1ccccc1-c1cc(C)cc(C)c1. The summed E-state index contributed by atoms with van der Waals surface area (Å²) < 4.78 is 9.99. The lowest BCUT2D eigenvalue weighted by molar-refractivity contribution is -0.149. The summed E-state index contributed by atoms with van der Waals surface area (Å²) in [5, 5.41) is 0. The first-order valence-corrected chi connectivity index (χ1v) is 6.91. The number of carbonyl (C=O) groups excluding carboxylic acids is 1. The molecule has 0 aromatic heterocycles. The van der Waals surface area contributed by atoms with Crippen LogP contribution in [0.1, 0.15) is 16.7 Å². The molecule has 110 valence electrons. The molecule has 0 aliphatic carbocycles. The van der Waals surface area contributed by atoms with Crippen molar-refractivity contribution in [3.63, 3.8) is 0 Å². The molecule has 0 N–H and O–H groups in total. The van der Waals surface area contributed by atoms with Gasteiger partial charge in [-0.05, 0) is 30.5 Å². The number of hydrogen-bond donors (Lipinski definition) is 0. The van der Waals surface area contributed by atoms with Crippen LogP contribution in [0.2, 0.25) is 0 Å². The summed E-state index contributed by atoms with van der Waals surface area (Å²) in [5.74, 6) is -0.354. The van der Waals surface area contributed by atoms with Crippen LogP contribution in [-0.4, -0.2) is 19.7 Å². The second-order valence-corrected chi connectivity index (χ2v) is 5.13. The predicted octanol–water partition coefficient (Wildman–Crippen LogP) is 3.66. The molecule has 0 fully saturated rings. The lowest BCUT2D eigenvalue weighted by Crippen LogP contribution is -2.11. The summed E-state index contributed by atoms with van der Waals surface area (Å²) in [7, 11) is 1.48. The Balaban J connectivity index is 2.26. The van der Waals surface area contributed by atoms with Crippen molar-refractivity contribution in [2.75, 3.05) is 13.7 Å². The molecule has 2 aromatic carbocycles. The molecule has 3 heteroatoms. The van der Waals surface area contributed by atoms with Crippen LogP contribution in [-0.2, 0) is 20.9 Å². The molecule has 0 aliphatic rings. The van der Waals surface area contributed by atoms with Crippen molar-refractivity contribution in [2.24, 2.45) is 0 Å². The minimum atomic E-state index is -0.354. The van der Waals surface area contributed by atoms with E-state index in [2.05, 4.69) is 32.0 Å². The first kappa shape index (κ1) is 15.3. The molecule has 0 saturated heterocycles. The number of aryl methyl sites for hydroxylation is 2. The topological polar surface area (TPSA) is 35.5 Å². The molecular weight excluding hydrogens is 264 g/mol. The fourth-order valence-electron chi connectivity index (χ4n) is 2.38. The Morgan fingerprint density at radius 3 is 2.38 bits per heavy atom. The third kappa shape index (κ3) is 4.17. The molecule has 21 heavy (non-hydrogen) atoms. The molecular formula is C18H20O3. The quantitative estimate of drug-likeness (QED) is 0.786. The van der Waals surface area contributed by atoms with Crippen LogP contribution < -0.4 is 0 Å². The highest BCUT2D eigenvalue weighted by Gasteiger charge is 2.08. The second-order valence-electron chi connectivity index (χ2n) is 5.13. The van der Waals surface area contributed by atoms with E-state index in [9.17, 15) is 4.79 Å². The molecule has 0 saturated carbocycles. The highest BCUT2D eigenvalue weighted by atomic mass is 16.6. The second kappa shape index (κ2) is 7.04. The van der Waals surface area contributed by atoms with E-state index in [0.717, 1.165) is 16.7 Å². The Morgan fingerprint density at radius 1 is 1.05 bits per heavy atom. The zero-order valence-corrected chi connectivity index (χ0v) is 12.7. The lowest BCUT2D eigenvalue weighted by atomic mass is 9.97. The first-order valence-electron chi connectivity index (χ1n) is 6.91. The Labute approximate surface area is 125 Å². The van der Waals surface area contributed by atoms with E-state index in [1.807, 2.05) is 24.3 Å². The van der Waals surface area contributed by atoms with Crippen molar-refractivity contribution >= 4 is 5.97 Å². The van der Waals surface area contributed by atoms with Crippen molar-refractivity contribution in [1.82, 2.24) is 0 Å². The van der Waals surface area contributed by atoms with Gasteiger partial charge in [-0.25, -0.2) is 4.79 Å². The molecule has 0 bridgehead atoms. The van der Waals surface area contributed by atoms with E-state index in [4.69, 9.17) is 9.47 Å². The molecule has 0 amide bonds. The molecule has 0 unspecified atom stereocenters. The fraction of sp³-hybridized carbons (Fsp3) is 0.278. The zero-order chi connectivity index (χ0) is 15.2. The van der Waals surface area contributed by atoms with Gasteiger partial charge in [0.1, 0.15) is 13.2 Å². The molecule has 0 spiro atoms. The van der Waals surface area contributed by atoms with E-state index in [-0.39, 0.29) is 19.2 Å². The van der Waals surface area contributed by atoms with E-state index >= 15 is 0 Å². The van der Waals surface area contributed by atoms with E-state index in [0.29, 0.717) is 0 Å². The van der Waals surface area contributed by atoms with Crippen LogP contribution in [0.5, 0.6) is 0 Å². The summed E-state index contributed by atoms with van der Waals surface area (Å²) in [5.41, 5.74) is 5.67. The van der Waals surface area contributed by atoms with Crippen molar-refractivity contribution in [2.45, 2.75) is 20.5 Å². The minimum absolute atomic E-state index is 0.0221. The van der Waals surface area contributed by atoms with Gasteiger partial charge in [0.2, 0.25) is 0 Å². The number of hydrogen-bond acceptors (Lipinski definition) is 3. The number of carbonyl (C=O) groups is 1. The Kier molecular flexibility index (Phi) is 5.12. The largest absolute Gasteiger partial charge is 0.459 e. The number of benzene rings is 2. The first-order chi connectivity index (χ1) is 10.1. The van der Waals surface area contributed by atoms with Crippen LogP contribution in [0.15, 0.2) is 42.5 Å². The molecule has 0 aliphatic heterocycles. The molecule has 2 aromatic rings. The Morgan fingerprint density at radius 2 is 1.71 bits per heavy atom. The summed E-state index contributed by atoms with van der Waals surface area (Å²) in [6, 6.07) is 14.4. The summed E-state index contributed by atoms with van der Waals surface area (Å²) in [4.78, 5) is 11.4. The highest BCUT2D eigenvalue weighted by Crippen LogP contribution is 2.26. The third-order valence-electron chi connectivity index (χ3n) is 3.20. The maximum Gasteiger partial charge on any atom is 0.332 e. The Hall–Kier alpha value is -2.13. The van der Waals surface area contributed by atoms with Gasteiger partial charge in [-0.2, -0.15) is 0 Å².